The van der Waals surface area contributed by atoms with Crippen LogP contribution in [-0.2, 0) is 11.3 Å². The standard InChI is InChI=1S/C12H13N3O2S/c1-15(7-9-3-4-18-8-9)11-6-13-10(5-14-11)12(16)17-2/h3-6,8H,7H2,1-2H3. The second-order valence-electron chi connectivity index (χ2n) is 3.74. The molecule has 0 unspecified atom stereocenters. The molecule has 18 heavy (non-hydrogen) atoms. The van der Waals surface area contributed by atoms with E-state index in [9.17, 15) is 4.79 Å². The SMILES string of the molecule is COC(=O)c1cnc(N(C)Cc2ccsc2)cn1. The first-order chi connectivity index (χ1) is 8.70. The van der Waals surface area contributed by atoms with Crippen molar-refractivity contribution in [2.45, 2.75) is 6.54 Å². The van der Waals surface area contributed by atoms with Crippen LogP contribution in [0.4, 0.5) is 5.82 Å². The molecule has 0 spiro atoms. The summed E-state index contributed by atoms with van der Waals surface area (Å²) < 4.78 is 4.57. The van der Waals surface area contributed by atoms with Gasteiger partial charge >= 0.3 is 5.97 Å². The highest BCUT2D eigenvalue weighted by Gasteiger charge is 2.09. The number of esters is 1. The van der Waals surface area contributed by atoms with Gasteiger partial charge in [-0.3, -0.25) is 0 Å². The van der Waals surface area contributed by atoms with E-state index in [1.807, 2.05) is 17.3 Å². The van der Waals surface area contributed by atoms with Crippen molar-refractivity contribution in [2.24, 2.45) is 0 Å². The molecule has 0 atom stereocenters. The van der Waals surface area contributed by atoms with Gasteiger partial charge in [0.2, 0.25) is 0 Å². The van der Waals surface area contributed by atoms with Gasteiger partial charge in [0, 0.05) is 13.6 Å². The minimum atomic E-state index is -0.477. The van der Waals surface area contributed by atoms with Crippen LogP contribution in [0.25, 0.3) is 0 Å². The van der Waals surface area contributed by atoms with Crippen molar-refractivity contribution in [3.05, 3.63) is 40.5 Å². The molecule has 2 heterocycles. The summed E-state index contributed by atoms with van der Waals surface area (Å²) in [5, 5.41) is 4.13. The monoisotopic (exact) mass is 263 g/mol. The first kappa shape index (κ1) is 12.5. The molecular formula is C12H13N3O2S. The molecule has 0 saturated carbocycles. The molecule has 0 N–H and O–H groups in total. The molecule has 0 amide bonds. The van der Waals surface area contributed by atoms with Gasteiger partial charge in [-0.1, -0.05) is 0 Å². The normalized spacial score (nSPS) is 10.1. The van der Waals surface area contributed by atoms with Crippen LogP contribution in [-0.4, -0.2) is 30.1 Å². The number of anilines is 1. The zero-order chi connectivity index (χ0) is 13.0. The lowest BCUT2D eigenvalue weighted by Gasteiger charge is -2.16. The minimum Gasteiger partial charge on any atom is -0.464 e. The zero-order valence-electron chi connectivity index (χ0n) is 10.2. The van der Waals surface area contributed by atoms with E-state index >= 15 is 0 Å². The van der Waals surface area contributed by atoms with Gasteiger partial charge in [0.05, 0.1) is 19.5 Å². The molecule has 0 aromatic carbocycles. The highest BCUT2D eigenvalue weighted by molar-refractivity contribution is 7.07. The van der Waals surface area contributed by atoms with Crippen molar-refractivity contribution in [1.82, 2.24) is 9.97 Å². The van der Waals surface area contributed by atoms with Gasteiger partial charge in [-0.05, 0) is 22.4 Å². The highest BCUT2D eigenvalue weighted by atomic mass is 32.1. The van der Waals surface area contributed by atoms with E-state index in [0.29, 0.717) is 5.82 Å². The number of rotatable bonds is 4. The number of hydrogen-bond acceptors (Lipinski definition) is 6. The third-order valence-corrected chi connectivity index (χ3v) is 3.16. The van der Waals surface area contributed by atoms with Crippen LogP contribution in [0.15, 0.2) is 29.2 Å². The zero-order valence-corrected chi connectivity index (χ0v) is 11.0. The predicted molar refractivity (Wildman–Crippen MR) is 69.8 cm³/mol. The Morgan fingerprint density at radius 3 is 2.83 bits per heavy atom. The smallest absolute Gasteiger partial charge is 0.358 e. The van der Waals surface area contributed by atoms with Crippen molar-refractivity contribution >= 4 is 23.1 Å². The van der Waals surface area contributed by atoms with Crippen LogP contribution < -0.4 is 4.90 Å². The minimum absolute atomic E-state index is 0.213. The van der Waals surface area contributed by atoms with E-state index in [4.69, 9.17) is 0 Å². The molecule has 6 heteroatoms. The summed E-state index contributed by atoms with van der Waals surface area (Å²) in [6.07, 6.45) is 2.99. The van der Waals surface area contributed by atoms with Crippen LogP contribution in [0.1, 0.15) is 16.1 Å². The Balaban J connectivity index is 2.07. The Morgan fingerprint density at radius 2 is 2.28 bits per heavy atom. The average Bonchev–Trinajstić information content (AvgIpc) is 2.91. The fourth-order valence-electron chi connectivity index (χ4n) is 1.47. The summed E-state index contributed by atoms with van der Waals surface area (Å²) in [7, 11) is 3.25. The lowest BCUT2D eigenvalue weighted by molar-refractivity contribution is 0.0593. The van der Waals surface area contributed by atoms with E-state index in [-0.39, 0.29) is 5.69 Å². The number of methoxy groups -OCH3 is 1. The average molecular weight is 263 g/mol. The van der Waals surface area contributed by atoms with Crippen LogP contribution in [0.2, 0.25) is 0 Å². The number of carbonyl (C=O) groups excluding carboxylic acids is 1. The van der Waals surface area contributed by atoms with Gasteiger partial charge in [-0.25, -0.2) is 14.8 Å². The summed E-state index contributed by atoms with van der Waals surface area (Å²) >= 11 is 1.66. The maximum atomic E-state index is 11.2. The topological polar surface area (TPSA) is 55.3 Å². The number of carbonyl (C=O) groups is 1. The molecule has 5 nitrogen and oxygen atoms in total. The van der Waals surface area contributed by atoms with E-state index in [1.165, 1.54) is 18.9 Å². The van der Waals surface area contributed by atoms with E-state index in [2.05, 4.69) is 26.2 Å². The molecule has 2 aromatic rings. The number of thiophene rings is 1. The summed E-state index contributed by atoms with van der Waals surface area (Å²) in [4.78, 5) is 21.4. The van der Waals surface area contributed by atoms with Gasteiger partial charge in [0.25, 0.3) is 0 Å². The van der Waals surface area contributed by atoms with Gasteiger partial charge < -0.3 is 9.64 Å². The molecule has 0 aliphatic heterocycles. The molecule has 0 aliphatic rings. The summed E-state index contributed by atoms with van der Waals surface area (Å²) in [5.74, 6) is 0.239. The van der Waals surface area contributed by atoms with E-state index in [0.717, 1.165) is 6.54 Å². The Hall–Kier alpha value is -1.95. The first-order valence-corrected chi connectivity index (χ1v) is 6.27. The van der Waals surface area contributed by atoms with Crippen molar-refractivity contribution in [1.29, 1.82) is 0 Å². The summed E-state index contributed by atoms with van der Waals surface area (Å²) in [6, 6.07) is 2.07. The van der Waals surface area contributed by atoms with Crippen LogP contribution in [0, 0.1) is 0 Å². The van der Waals surface area contributed by atoms with Crippen molar-refractivity contribution in [3.63, 3.8) is 0 Å². The highest BCUT2D eigenvalue weighted by Crippen LogP contribution is 2.13. The molecule has 0 fully saturated rings. The number of ether oxygens (including phenoxy) is 1. The molecule has 0 radical (unpaired) electrons. The third kappa shape index (κ3) is 2.84. The third-order valence-electron chi connectivity index (χ3n) is 2.42. The van der Waals surface area contributed by atoms with Crippen LogP contribution >= 0.6 is 11.3 Å². The molecule has 0 saturated heterocycles. The molecule has 0 aliphatic carbocycles. The van der Waals surface area contributed by atoms with Crippen molar-refractivity contribution < 1.29 is 9.53 Å². The fraction of sp³-hybridized carbons (Fsp3) is 0.250. The Bertz CT molecular complexity index is 511. The second-order valence-corrected chi connectivity index (χ2v) is 4.52. The van der Waals surface area contributed by atoms with Crippen molar-refractivity contribution in [3.8, 4) is 0 Å². The largest absolute Gasteiger partial charge is 0.464 e. The van der Waals surface area contributed by atoms with Crippen LogP contribution in [0.3, 0.4) is 0 Å². The molecule has 2 rings (SSSR count). The molecule has 2 aromatic heterocycles. The Morgan fingerprint density at radius 1 is 1.44 bits per heavy atom. The van der Waals surface area contributed by atoms with E-state index in [1.54, 1.807) is 17.5 Å². The second kappa shape index (κ2) is 5.59. The van der Waals surface area contributed by atoms with E-state index < -0.39 is 5.97 Å². The number of hydrogen-bond donors (Lipinski definition) is 0. The molecule has 94 valence electrons. The fourth-order valence-corrected chi connectivity index (χ4v) is 2.13. The Labute approximate surface area is 109 Å². The first-order valence-electron chi connectivity index (χ1n) is 5.33. The summed E-state index contributed by atoms with van der Waals surface area (Å²) in [5.41, 5.74) is 1.44. The van der Waals surface area contributed by atoms with Crippen LogP contribution in [0.5, 0.6) is 0 Å². The Kier molecular flexibility index (Phi) is 3.88. The summed E-state index contributed by atoms with van der Waals surface area (Å²) in [6.45, 7) is 0.760. The van der Waals surface area contributed by atoms with Crippen molar-refractivity contribution in [2.75, 3.05) is 19.1 Å². The van der Waals surface area contributed by atoms with Gasteiger partial charge in [0.1, 0.15) is 5.82 Å². The maximum Gasteiger partial charge on any atom is 0.358 e. The lowest BCUT2D eigenvalue weighted by Crippen LogP contribution is -2.18. The van der Waals surface area contributed by atoms with Gasteiger partial charge in [-0.2, -0.15) is 11.3 Å². The molecule has 0 bridgehead atoms. The predicted octanol–water partition coefficient (Wildman–Crippen LogP) is 1.96. The quantitative estimate of drug-likeness (QED) is 0.789. The number of nitrogens with zero attached hydrogens (tertiary/aromatic N) is 3. The van der Waals surface area contributed by atoms with Gasteiger partial charge in [0.15, 0.2) is 5.69 Å². The number of aromatic nitrogens is 2. The molecular weight excluding hydrogens is 250 g/mol. The van der Waals surface area contributed by atoms with Gasteiger partial charge in [-0.15, -0.1) is 0 Å². The lowest BCUT2D eigenvalue weighted by atomic mass is 10.3. The maximum absolute atomic E-state index is 11.2.